The van der Waals surface area contributed by atoms with Crippen molar-refractivity contribution < 1.29 is 14.4 Å². The quantitative estimate of drug-likeness (QED) is 0.348. The van der Waals surface area contributed by atoms with Gasteiger partial charge in [0.2, 0.25) is 0 Å². The lowest BCUT2D eigenvalue weighted by atomic mass is 9.84. The summed E-state index contributed by atoms with van der Waals surface area (Å²) in [5.74, 6) is 1.51. The number of nitriles is 1. The molecule has 7 nitrogen and oxygen atoms in total. The fraction of sp³-hybridized carbons (Fsp3) is 0.562. The van der Waals surface area contributed by atoms with Crippen molar-refractivity contribution in [3.05, 3.63) is 58.8 Å². The minimum atomic E-state index is 0.154. The van der Waals surface area contributed by atoms with Crippen molar-refractivity contribution >= 4 is 11.0 Å². The number of aryl methyl sites for hydroxylation is 1. The standard InChI is InChI=1S/C32H42N4O3/c1-35(2)20-28-30(38-21-26-7-5-25(19-33)6-8-26)12-10-27-29(34-39-31(27)28)11-9-24-13-17-36(18-14-24)22-32(23-37)15-3-4-16-32/h5-8,10,12,24,37H,3-4,9,11,13-18,20-23H2,1-2H3. The first-order valence-corrected chi connectivity index (χ1v) is 14.5. The summed E-state index contributed by atoms with van der Waals surface area (Å²) >= 11 is 0. The van der Waals surface area contributed by atoms with Gasteiger partial charge in [0.15, 0.2) is 5.58 Å². The van der Waals surface area contributed by atoms with E-state index in [2.05, 4.69) is 27.1 Å². The number of hydrogen-bond donors (Lipinski definition) is 1. The number of aromatic nitrogens is 1. The monoisotopic (exact) mass is 530 g/mol. The zero-order chi connectivity index (χ0) is 27.2. The summed E-state index contributed by atoms with van der Waals surface area (Å²) in [4.78, 5) is 4.71. The Hall–Kier alpha value is -2.92. The van der Waals surface area contributed by atoms with Gasteiger partial charge >= 0.3 is 0 Å². The molecule has 0 radical (unpaired) electrons. The molecule has 3 aromatic rings. The van der Waals surface area contributed by atoms with E-state index in [1.54, 1.807) is 0 Å². The van der Waals surface area contributed by atoms with Gasteiger partial charge in [-0.15, -0.1) is 0 Å². The van der Waals surface area contributed by atoms with Crippen LogP contribution in [0.15, 0.2) is 40.9 Å². The molecule has 2 aliphatic rings. The van der Waals surface area contributed by atoms with Crippen molar-refractivity contribution in [1.82, 2.24) is 15.0 Å². The Kier molecular flexibility index (Phi) is 8.86. The molecule has 2 heterocycles. The smallest absolute Gasteiger partial charge is 0.175 e. The van der Waals surface area contributed by atoms with Crippen LogP contribution in [0.4, 0.5) is 0 Å². The molecule has 1 aromatic heterocycles. The Bertz CT molecular complexity index is 1260. The zero-order valence-electron chi connectivity index (χ0n) is 23.5. The van der Waals surface area contributed by atoms with E-state index in [-0.39, 0.29) is 5.41 Å². The second-order valence-electron chi connectivity index (χ2n) is 12.0. The number of nitrogens with zero attached hydrogens (tertiary/aromatic N) is 4. The third kappa shape index (κ3) is 6.63. The molecule has 1 N–H and O–H groups in total. The van der Waals surface area contributed by atoms with Gasteiger partial charge in [-0.3, -0.25) is 0 Å². The first-order chi connectivity index (χ1) is 19.0. The summed E-state index contributed by atoms with van der Waals surface area (Å²) in [6.07, 6.45) is 9.38. The van der Waals surface area contributed by atoms with Crippen molar-refractivity contribution in [1.29, 1.82) is 5.26 Å². The highest BCUT2D eigenvalue weighted by Gasteiger charge is 2.35. The molecule has 0 spiro atoms. The second kappa shape index (κ2) is 12.5. The SMILES string of the molecule is CN(C)Cc1c(OCc2ccc(C#N)cc2)ccc2c(CCC3CCN(CC4(CO)CCCC4)CC3)noc12. The Morgan fingerprint density at radius 3 is 2.54 bits per heavy atom. The predicted octanol–water partition coefficient (Wildman–Crippen LogP) is 5.54. The van der Waals surface area contributed by atoms with Crippen LogP contribution in [0.2, 0.25) is 0 Å². The van der Waals surface area contributed by atoms with Crippen molar-refractivity contribution in [2.45, 2.75) is 64.5 Å². The van der Waals surface area contributed by atoms with Crippen LogP contribution in [0.25, 0.3) is 11.0 Å². The zero-order valence-corrected chi connectivity index (χ0v) is 23.5. The number of likely N-dealkylation sites (tertiary alicyclic amines) is 1. The topological polar surface area (TPSA) is 85.8 Å². The van der Waals surface area contributed by atoms with E-state index in [0.29, 0.717) is 31.2 Å². The molecular weight excluding hydrogens is 488 g/mol. The molecule has 0 amide bonds. The summed E-state index contributed by atoms with van der Waals surface area (Å²) in [5.41, 5.74) is 4.69. The molecule has 0 atom stereocenters. The third-order valence-electron chi connectivity index (χ3n) is 8.78. The van der Waals surface area contributed by atoms with Gasteiger partial charge in [0.1, 0.15) is 12.4 Å². The average molecular weight is 531 g/mol. The van der Waals surface area contributed by atoms with Crippen molar-refractivity contribution in [2.75, 3.05) is 40.3 Å². The molecular formula is C32H42N4O3. The van der Waals surface area contributed by atoms with Gasteiger partial charge in [0.25, 0.3) is 0 Å². The minimum absolute atomic E-state index is 0.154. The van der Waals surface area contributed by atoms with Gasteiger partial charge in [0, 0.05) is 30.5 Å². The molecule has 208 valence electrons. The predicted molar refractivity (Wildman–Crippen MR) is 152 cm³/mol. The molecule has 39 heavy (non-hydrogen) atoms. The fourth-order valence-electron chi connectivity index (χ4n) is 6.45. The molecule has 0 bridgehead atoms. The van der Waals surface area contributed by atoms with E-state index in [0.717, 1.165) is 66.0 Å². The molecule has 1 saturated carbocycles. The van der Waals surface area contributed by atoms with Crippen LogP contribution >= 0.6 is 0 Å². The molecule has 1 aliphatic heterocycles. The number of aliphatic hydroxyl groups excluding tert-OH is 1. The van der Waals surface area contributed by atoms with E-state index in [1.807, 2.05) is 44.4 Å². The Morgan fingerprint density at radius 1 is 1.13 bits per heavy atom. The normalized spacial score (nSPS) is 18.1. The fourth-order valence-corrected chi connectivity index (χ4v) is 6.45. The molecule has 2 aromatic carbocycles. The summed E-state index contributed by atoms with van der Waals surface area (Å²) in [6, 6.07) is 13.8. The van der Waals surface area contributed by atoms with E-state index < -0.39 is 0 Å². The first kappa shape index (κ1) is 27.6. The largest absolute Gasteiger partial charge is 0.488 e. The molecule has 1 saturated heterocycles. The van der Waals surface area contributed by atoms with Crippen LogP contribution in [-0.2, 0) is 19.6 Å². The van der Waals surface area contributed by atoms with E-state index >= 15 is 0 Å². The van der Waals surface area contributed by atoms with E-state index in [1.165, 1.54) is 38.5 Å². The number of fused-ring (bicyclic) bond motifs is 1. The average Bonchev–Trinajstić information content (AvgIpc) is 3.60. The highest BCUT2D eigenvalue weighted by molar-refractivity contribution is 5.84. The van der Waals surface area contributed by atoms with Gasteiger partial charge in [-0.2, -0.15) is 5.26 Å². The number of aliphatic hydroxyl groups is 1. The van der Waals surface area contributed by atoms with Crippen LogP contribution < -0.4 is 4.74 Å². The Labute approximate surface area is 232 Å². The summed E-state index contributed by atoms with van der Waals surface area (Å²) < 4.78 is 12.2. The number of ether oxygens (including phenoxy) is 1. The van der Waals surface area contributed by atoms with Gasteiger partial charge in [0.05, 0.1) is 22.9 Å². The van der Waals surface area contributed by atoms with Crippen LogP contribution in [0, 0.1) is 22.7 Å². The van der Waals surface area contributed by atoms with E-state index in [4.69, 9.17) is 14.5 Å². The molecule has 2 fully saturated rings. The van der Waals surface area contributed by atoms with Crippen LogP contribution in [0.3, 0.4) is 0 Å². The highest BCUT2D eigenvalue weighted by Crippen LogP contribution is 2.39. The highest BCUT2D eigenvalue weighted by atomic mass is 16.5. The lowest BCUT2D eigenvalue weighted by Crippen LogP contribution is -2.42. The van der Waals surface area contributed by atoms with Crippen molar-refractivity contribution in [2.24, 2.45) is 11.3 Å². The van der Waals surface area contributed by atoms with Gasteiger partial charge in [-0.1, -0.05) is 30.1 Å². The maximum atomic E-state index is 10.00. The molecule has 7 heteroatoms. The van der Waals surface area contributed by atoms with Crippen molar-refractivity contribution in [3.8, 4) is 11.8 Å². The number of rotatable bonds is 11. The molecule has 1 aliphatic carbocycles. The Morgan fingerprint density at radius 2 is 1.87 bits per heavy atom. The number of benzene rings is 2. The van der Waals surface area contributed by atoms with Crippen LogP contribution in [-0.4, -0.2) is 60.4 Å². The molecule has 5 rings (SSSR count). The summed E-state index contributed by atoms with van der Waals surface area (Å²) in [7, 11) is 4.09. The first-order valence-electron chi connectivity index (χ1n) is 14.5. The van der Waals surface area contributed by atoms with Crippen LogP contribution in [0.1, 0.15) is 67.3 Å². The van der Waals surface area contributed by atoms with Crippen LogP contribution in [0.5, 0.6) is 5.75 Å². The maximum absolute atomic E-state index is 10.00. The van der Waals surface area contributed by atoms with Gasteiger partial charge < -0.3 is 24.2 Å². The summed E-state index contributed by atoms with van der Waals surface area (Å²) in [5, 5.41) is 24.6. The lowest BCUT2D eigenvalue weighted by molar-refractivity contribution is 0.0602. The van der Waals surface area contributed by atoms with Gasteiger partial charge in [-0.25, -0.2) is 0 Å². The van der Waals surface area contributed by atoms with Gasteiger partial charge in [-0.05, 0) is 101 Å². The second-order valence-corrected chi connectivity index (χ2v) is 12.0. The summed E-state index contributed by atoms with van der Waals surface area (Å²) in [6.45, 7) is 4.80. The maximum Gasteiger partial charge on any atom is 0.175 e. The van der Waals surface area contributed by atoms with Crippen molar-refractivity contribution in [3.63, 3.8) is 0 Å². The third-order valence-corrected chi connectivity index (χ3v) is 8.78. The number of piperidine rings is 1. The Balaban J connectivity index is 1.20. The molecule has 0 unspecified atom stereocenters. The van der Waals surface area contributed by atoms with E-state index in [9.17, 15) is 5.11 Å². The number of hydrogen-bond acceptors (Lipinski definition) is 7. The lowest BCUT2D eigenvalue weighted by Gasteiger charge is -2.38. The minimum Gasteiger partial charge on any atom is -0.488 e.